The van der Waals surface area contributed by atoms with E-state index in [0.717, 1.165) is 12.1 Å². The van der Waals surface area contributed by atoms with Crippen molar-refractivity contribution >= 4 is 17.8 Å². The predicted octanol–water partition coefficient (Wildman–Crippen LogP) is 1.68. The third-order valence-corrected chi connectivity index (χ3v) is 7.90. The lowest BCUT2D eigenvalue weighted by Gasteiger charge is -2.41. The second-order valence-corrected chi connectivity index (χ2v) is 10.9. The number of aliphatic hydroxyl groups is 3. The minimum Gasteiger partial charge on any atom is -0.508 e. The summed E-state index contributed by atoms with van der Waals surface area (Å²) in [5.74, 6) is -3.66. The molecule has 0 aromatic heterocycles. The van der Waals surface area contributed by atoms with Gasteiger partial charge in [-0.1, -0.05) is 0 Å². The summed E-state index contributed by atoms with van der Waals surface area (Å²) in [5.41, 5.74) is 0.226. The second kappa shape index (κ2) is 14.4. The number of Topliss-reactive ketones (excluding diaryl/α,β-unsaturated/α-hetero) is 1. The van der Waals surface area contributed by atoms with Gasteiger partial charge in [-0.15, -0.1) is 0 Å². The molecule has 0 aliphatic carbocycles. The molecule has 1 saturated heterocycles. The molecule has 2 heterocycles. The Kier molecular flexibility index (Phi) is 10.2. The molecule has 6 unspecified atom stereocenters. The number of aromatic hydroxyl groups is 4. The van der Waals surface area contributed by atoms with E-state index in [-0.39, 0.29) is 57.8 Å². The standard InChI is InChI=1S/C33H34O16/c1-43-22-8-14(9-23(44-2)27(22)39)4-7-25(38)49-32-30(42)28(40)24(13-34)48-33(32)47-19-6-5-15(35)10-16(19)20-11-17(36)26-21(46-20)12-18(37)31(45-3)29(26)41/h4-10,12,20,24,28,30,32-35,37,39-42H,11,13H2,1-3H3. The molecule has 49 heavy (non-hydrogen) atoms. The lowest BCUT2D eigenvalue weighted by Crippen LogP contribution is -2.61. The molecule has 6 atom stereocenters. The fourth-order valence-electron chi connectivity index (χ4n) is 5.46. The van der Waals surface area contributed by atoms with Crippen LogP contribution in [-0.4, -0.2) is 106 Å². The molecule has 16 heteroatoms. The molecular formula is C33H34O16. The van der Waals surface area contributed by atoms with Gasteiger partial charge >= 0.3 is 5.97 Å². The summed E-state index contributed by atoms with van der Waals surface area (Å²) in [6, 6.07) is 7.68. The molecule has 5 rings (SSSR count). The molecule has 1 fully saturated rings. The minimum atomic E-state index is -1.82. The zero-order valence-electron chi connectivity index (χ0n) is 26.3. The van der Waals surface area contributed by atoms with Crippen LogP contribution in [0.4, 0.5) is 0 Å². The van der Waals surface area contributed by atoms with E-state index in [2.05, 4.69) is 0 Å². The Balaban J connectivity index is 1.43. The first kappa shape index (κ1) is 34.9. The summed E-state index contributed by atoms with van der Waals surface area (Å²) in [4.78, 5) is 26.1. The van der Waals surface area contributed by atoms with Gasteiger partial charge in [-0.05, 0) is 42.0 Å². The van der Waals surface area contributed by atoms with Crippen LogP contribution in [0.2, 0.25) is 0 Å². The molecule has 7 N–H and O–H groups in total. The van der Waals surface area contributed by atoms with Gasteiger partial charge in [-0.2, -0.15) is 0 Å². The maximum Gasteiger partial charge on any atom is 0.331 e. The van der Waals surface area contributed by atoms with E-state index in [1.54, 1.807) is 0 Å². The SMILES string of the molecule is COc1cc(C=CC(=O)OC2C(Oc3ccc(O)cc3C3CC(=O)c4c(cc(O)c(OC)c4O)O3)OC(CO)C(O)C2O)cc(OC)c1O. The molecule has 3 aromatic carbocycles. The fourth-order valence-corrected chi connectivity index (χ4v) is 5.46. The second-order valence-electron chi connectivity index (χ2n) is 10.9. The van der Waals surface area contributed by atoms with Gasteiger partial charge in [0.25, 0.3) is 0 Å². The van der Waals surface area contributed by atoms with Crippen LogP contribution in [0.3, 0.4) is 0 Å². The molecule has 2 aliphatic rings. The van der Waals surface area contributed by atoms with Crippen LogP contribution in [0.15, 0.2) is 42.5 Å². The van der Waals surface area contributed by atoms with Crippen molar-refractivity contribution in [3.8, 4) is 51.7 Å². The van der Waals surface area contributed by atoms with Crippen LogP contribution in [-0.2, 0) is 14.3 Å². The molecule has 0 amide bonds. The number of hydrogen-bond acceptors (Lipinski definition) is 16. The van der Waals surface area contributed by atoms with Gasteiger partial charge < -0.3 is 68.9 Å². The van der Waals surface area contributed by atoms with E-state index < -0.39 is 66.7 Å². The van der Waals surface area contributed by atoms with E-state index >= 15 is 0 Å². The van der Waals surface area contributed by atoms with Crippen molar-refractivity contribution in [1.29, 1.82) is 0 Å². The zero-order valence-corrected chi connectivity index (χ0v) is 26.3. The monoisotopic (exact) mass is 686 g/mol. The highest BCUT2D eigenvalue weighted by molar-refractivity contribution is 6.03. The van der Waals surface area contributed by atoms with Crippen LogP contribution >= 0.6 is 0 Å². The lowest BCUT2D eigenvalue weighted by molar-refractivity contribution is -0.281. The lowest BCUT2D eigenvalue weighted by atomic mass is 9.94. The number of ether oxygens (including phenoxy) is 7. The van der Waals surface area contributed by atoms with Crippen LogP contribution in [0, 0.1) is 0 Å². The van der Waals surface area contributed by atoms with E-state index in [0.29, 0.717) is 5.56 Å². The molecule has 262 valence electrons. The first-order chi connectivity index (χ1) is 23.4. The van der Waals surface area contributed by atoms with Gasteiger partial charge in [0, 0.05) is 17.7 Å². The minimum absolute atomic E-state index is 0.0697. The number of benzene rings is 3. The quantitative estimate of drug-likeness (QED) is 0.119. The number of phenols is 4. The summed E-state index contributed by atoms with van der Waals surface area (Å²) >= 11 is 0. The number of esters is 1. The number of hydrogen-bond donors (Lipinski definition) is 7. The van der Waals surface area contributed by atoms with E-state index in [1.165, 1.54) is 57.7 Å². The van der Waals surface area contributed by atoms with Gasteiger partial charge in [0.05, 0.1) is 34.4 Å². The molecule has 3 aromatic rings. The molecule has 0 spiro atoms. The van der Waals surface area contributed by atoms with Crippen molar-refractivity contribution in [3.05, 3.63) is 59.2 Å². The number of rotatable bonds is 10. The third-order valence-electron chi connectivity index (χ3n) is 7.90. The number of carbonyl (C=O) groups is 2. The van der Waals surface area contributed by atoms with Crippen molar-refractivity contribution in [2.75, 3.05) is 27.9 Å². The van der Waals surface area contributed by atoms with E-state index in [1.807, 2.05) is 0 Å². The average Bonchev–Trinajstić information content (AvgIpc) is 3.07. The Hall–Kier alpha value is -5.42. The summed E-state index contributed by atoms with van der Waals surface area (Å²) in [5, 5.41) is 72.5. The maximum atomic E-state index is 13.2. The van der Waals surface area contributed by atoms with Crippen molar-refractivity contribution in [2.24, 2.45) is 0 Å². The maximum absolute atomic E-state index is 13.2. The largest absolute Gasteiger partial charge is 0.508 e. The highest BCUT2D eigenvalue weighted by Crippen LogP contribution is 2.49. The highest BCUT2D eigenvalue weighted by Gasteiger charge is 2.48. The van der Waals surface area contributed by atoms with Gasteiger partial charge in [0.2, 0.25) is 17.8 Å². The molecule has 0 bridgehead atoms. The molecule has 16 nitrogen and oxygen atoms in total. The first-order valence-corrected chi connectivity index (χ1v) is 14.7. The Bertz CT molecular complexity index is 1730. The fraction of sp³-hybridized carbons (Fsp3) is 0.333. The number of ketones is 1. The average molecular weight is 687 g/mol. The van der Waals surface area contributed by atoms with E-state index in [4.69, 9.17) is 33.2 Å². The van der Waals surface area contributed by atoms with E-state index in [9.17, 15) is 45.3 Å². The van der Waals surface area contributed by atoms with Crippen LogP contribution in [0.1, 0.15) is 34.0 Å². The molecule has 0 radical (unpaired) electrons. The van der Waals surface area contributed by atoms with Gasteiger partial charge in [-0.3, -0.25) is 4.79 Å². The summed E-state index contributed by atoms with van der Waals surface area (Å²) in [6.07, 6.45) is -7.45. The summed E-state index contributed by atoms with van der Waals surface area (Å²) in [6.45, 7) is -0.751. The molecular weight excluding hydrogens is 652 g/mol. The first-order valence-electron chi connectivity index (χ1n) is 14.7. The Morgan fingerprint density at radius 3 is 2.24 bits per heavy atom. The smallest absolute Gasteiger partial charge is 0.331 e. The van der Waals surface area contributed by atoms with Crippen LogP contribution in [0.25, 0.3) is 6.08 Å². The highest BCUT2D eigenvalue weighted by atomic mass is 16.7. The normalized spacial score (nSPS) is 23.3. The summed E-state index contributed by atoms with van der Waals surface area (Å²) < 4.78 is 38.3. The predicted molar refractivity (Wildman–Crippen MR) is 165 cm³/mol. The third kappa shape index (κ3) is 6.93. The Morgan fingerprint density at radius 2 is 1.61 bits per heavy atom. The summed E-state index contributed by atoms with van der Waals surface area (Å²) in [7, 11) is 3.86. The number of phenolic OH excluding ortho intramolecular Hbond substituents is 4. The van der Waals surface area contributed by atoms with Crippen molar-refractivity contribution in [2.45, 2.75) is 43.2 Å². The zero-order chi connectivity index (χ0) is 35.6. The van der Waals surface area contributed by atoms with Crippen molar-refractivity contribution in [3.63, 3.8) is 0 Å². The number of fused-ring (bicyclic) bond motifs is 1. The number of carbonyl (C=O) groups excluding carboxylic acids is 2. The van der Waals surface area contributed by atoms with Gasteiger partial charge in [-0.25, -0.2) is 4.79 Å². The molecule has 0 saturated carbocycles. The molecule has 2 aliphatic heterocycles. The van der Waals surface area contributed by atoms with Crippen LogP contribution < -0.4 is 23.7 Å². The number of methoxy groups -OCH3 is 3. The Morgan fingerprint density at radius 1 is 0.918 bits per heavy atom. The van der Waals surface area contributed by atoms with Crippen molar-refractivity contribution < 1.29 is 78.5 Å². The van der Waals surface area contributed by atoms with Gasteiger partial charge in [0.1, 0.15) is 47.2 Å². The van der Waals surface area contributed by atoms with Crippen molar-refractivity contribution in [1.82, 2.24) is 0 Å². The van der Waals surface area contributed by atoms with Crippen LogP contribution in [0.5, 0.6) is 51.7 Å². The van der Waals surface area contributed by atoms with Gasteiger partial charge in [0.15, 0.2) is 34.9 Å². The number of aliphatic hydroxyl groups excluding tert-OH is 3. The topological polar surface area (TPSA) is 240 Å². The Labute approximate surface area is 278 Å².